The van der Waals surface area contributed by atoms with Crippen LogP contribution in [0.5, 0.6) is 5.75 Å². The predicted molar refractivity (Wildman–Crippen MR) is 121 cm³/mol. The van der Waals surface area contributed by atoms with Crippen molar-refractivity contribution in [3.8, 4) is 11.4 Å². The van der Waals surface area contributed by atoms with Gasteiger partial charge in [-0.25, -0.2) is 8.78 Å². The minimum absolute atomic E-state index is 0.103. The minimum atomic E-state index is -4.51. The first-order valence-corrected chi connectivity index (χ1v) is 11.4. The molecule has 186 valence electrons. The lowest BCUT2D eigenvalue weighted by Crippen LogP contribution is -2.55. The van der Waals surface area contributed by atoms with Gasteiger partial charge in [0.1, 0.15) is 5.75 Å². The third-order valence-corrected chi connectivity index (χ3v) is 6.90. The van der Waals surface area contributed by atoms with Crippen LogP contribution in [0.3, 0.4) is 0 Å². The standard InChI is InChI=1S/C25H24F5N3O2/c26-24(27)8-6-17(7-9-24)31-23(35)15-12-32(13-15)18-2-1-3-19(11-18)33-14-22(34)20-10-16(25(28,29)30)4-5-21(20)33/h1-5,10-11,14-15,17,34H,6-9,12-13H2,(H,31,35). The number of carbonyl (C=O) groups excluding carboxylic acids is 1. The van der Waals surface area contributed by atoms with Gasteiger partial charge in [-0.2, -0.15) is 13.2 Å². The minimum Gasteiger partial charge on any atom is -0.506 e. The van der Waals surface area contributed by atoms with Crippen molar-refractivity contribution < 1.29 is 31.9 Å². The number of aromatic nitrogens is 1. The number of benzene rings is 2. The Morgan fingerprint density at radius 2 is 1.71 bits per heavy atom. The molecule has 2 fully saturated rings. The molecule has 1 aliphatic carbocycles. The Labute approximate surface area is 198 Å². The highest BCUT2D eigenvalue weighted by Crippen LogP contribution is 2.37. The van der Waals surface area contributed by atoms with Crippen LogP contribution < -0.4 is 10.2 Å². The van der Waals surface area contributed by atoms with Crippen LogP contribution in [0.2, 0.25) is 0 Å². The Balaban J connectivity index is 1.27. The van der Waals surface area contributed by atoms with E-state index in [4.69, 9.17) is 0 Å². The van der Waals surface area contributed by atoms with Gasteiger partial charge in [-0.3, -0.25) is 4.79 Å². The summed E-state index contributed by atoms with van der Waals surface area (Å²) in [5.41, 5.74) is 1.09. The molecule has 1 aliphatic heterocycles. The van der Waals surface area contributed by atoms with Gasteiger partial charge in [-0.05, 0) is 49.2 Å². The second-order valence-electron chi connectivity index (χ2n) is 9.37. The largest absolute Gasteiger partial charge is 0.506 e. The summed E-state index contributed by atoms with van der Waals surface area (Å²) in [5.74, 6) is -3.26. The zero-order valence-corrected chi connectivity index (χ0v) is 18.7. The quantitative estimate of drug-likeness (QED) is 0.473. The van der Waals surface area contributed by atoms with Crippen molar-refractivity contribution in [3.63, 3.8) is 0 Å². The molecule has 0 bridgehead atoms. The van der Waals surface area contributed by atoms with Crippen LogP contribution in [0.1, 0.15) is 31.2 Å². The number of anilines is 1. The van der Waals surface area contributed by atoms with E-state index in [1.807, 2.05) is 17.0 Å². The first kappa shape index (κ1) is 23.4. The van der Waals surface area contributed by atoms with Gasteiger partial charge in [0.25, 0.3) is 0 Å². The number of hydrogen-bond donors (Lipinski definition) is 2. The van der Waals surface area contributed by atoms with E-state index in [0.29, 0.717) is 24.3 Å². The molecule has 5 rings (SSSR count). The molecule has 0 spiro atoms. The Morgan fingerprint density at radius 3 is 2.40 bits per heavy atom. The number of amides is 1. The molecule has 10 heteroatoms. The van der Waals surface area contributed by atoms with Gasteiger partial charge in [-0.15, -0.1) is 0 Å². The van der Waals surface area contributed by atoms with E-state index in [1.165, 1.54) is 12.3 Å². The van der Waals surface area contributed by atoms with Gasteiger partial charge in [-0.1, -0.05) is 6.07 Å². The summed E-state index contributed by atoms with van der Waals surface area (Å²) in [7, 11) is 0. The highest BCUT2D eigenvalue weighted by atomic mass is 19.4. The lowest BCUT2D eigenvalue weighted by Gasteiger charge is -2.41. The normalized spacial score (nSPS) is 19.1. The summed E-state index contributed by atoms with van der Waals surface area (Å²) in [6.07, 6.45) is -2.99. The first-order chi connectivity index (χ1) is 16.5. The fourth-order valence-electron chi connectivity index (χ4n) is 4.80. The number of hydrogen-bond acceptors (Lipinski definition) is 3. The lowest BCUT2D eigenvalue weighted by molar-refractivity contribution is -0.137. The molecule has 2 heterocycles. The van der Waals surface area contributed by atoms with E-state index in [1.54, 1.807) is 16.7 Å². The second kappa shape index (κ2) is 8.42. The average molecular weight is 493 g/mol. The van der Waals surface area contributed by atoms with E-state index < -0.39 is 17.7 Å². The van der Waals surface area contributed by atoms with Crippen LogP contribution in [0, 0.1) is 5.92 Å². The van der Waals surface area contributed by atoms with Gasteiger partial charge in [0.2, 0.25) is 11.8 Å². The molecule has 1 saturated carbocycles. The van der Waals surface area contributed by atoms with Crippen LogP contribution in [-0.4, -0.2) is 40.6 Å². The highest BCUT2D eigenvalue weighted by Gasteiger charge is 2.38. The van der Waals surface area contributed by atoms with E-state index in [-0.39, 0.29) is 54.7 Å². The molecule has 1 saturated heterocycles. The maximum atomic E-state index is 13.3. The number of alkyl halides is 5. The summed E-state index contributed by atoms with van der Waals surface area (Å²) in [5, 5.41) is 13.3. The van der Waals surface area contributed by atoms with Gasteiger partial charge in [0.15, 0.2) is 0 Å². The van der Waals surface area contributed by atoms with Crippen molar-refractivity contribution in [2.24, 2.45) is 5.92 Å². The van der Waals surface area contributed by atoms with Crippen LogP contribution in [-0.2, 0) is 11.0 Å². The Bertz CT molecular complexity index is 1250. The fraction of sp³-hybridized carbons (Fsp3) is 0.400. The van der Waals surface area contributed by atoms with Crippen LogP contribution in [0.4, 0.5) is 27.6 Å². The summed E-state index contributed by atoms with van der Waals surface area (Å²) < 4.78 is 67.4. The van der Waals surface area contributed by atoms with Crippen molar-refractivity contribution in [2.75, 3.05) is 18.0 Å². The zero-order chi connectivity index (χ0) is 25.0. The van der Waals surface area contributed by atoms with Crippen LogP contribution >= 0.6 is 0 Å². The molecular weight excluding hydrogens is 469 g/mol. The van der Waals surface area contributed by atoms with Crippen molar-refractivity contribution in [1.29, 1.82) is 0 Å². The maximum Gasteiger partial charge on any atom is 0.416 e. The Hall–Kier alpha value is -3.30. The monoisotopic (exact) mass is 493 g/mol. The molecular formula is C25H24F5N3O2. The number of nitrogens with zero attached hydrogens (tertiary/aromatic N) is 2. The molecule has 1 aromatic heterocycles. The lowest BCUT2D eigenvalue weighted by atomic mass is 9.91. The molecule has 1 amide bonds. The van der Waals surface area contributed by atoms with Gasteiger partial charge in [0, 0.05) is 48.7 Å². The molecule has 2 N–H and O–H groups in total. The number of nitrogens with one attached hydrogen (secondary N) is 1. The highest BCUT2D eigenvalue weighted by molar-refractivity contribution is 5.89. The van der Waals surface area contributed by atoms with Crippen molar-refractivity contribution >= 4 is 22.5 Å². The third kappa shape index (κ3) is 4.66. The van der Waals surface area contributed by atoms with E-state index in [2.05, 4.69) is 5.32 Å². The number of rotatable bonds is 4. The molecule has 2 aromatic carbocycles. The molecule has 0 atom stereocenters. The van der Waals surface area contributed by atoms with E-state index in [9.17, 15) is 31.9 Å². The topological polar surface area (TPSA) is 57.5 Å². The summed E-state index contributed by atoms with van der Waals surface area (Å²) in [4.78, 5) is 14.5. The summed E-state index contributed by atoms with van der Waals surface area (Å²) in [6.45, 7) is 0.954. The van der Waals surface area contributed by atoms with Crippen molar-refractivity contribution in [1.82, 2.24) is 9.88 Å². The van der Waals surface area contributed by atoms with E-state index >= 15 is 0 Å². The van der Waals surface area contributed by atoms with Gasteiger partial charge in [0.05, 0.1) is 23.2 Å². The summed E-state index contributed by atoms with van der Waals surface area (Å²) in [6, 6.07) is 10.3. The number of halogens is 5. The Kier molecular flexibility index (Phi) is 5.64. The van der Waals surface area contributed by atoms with Gasteiger partial charge < -0.3 is 19.9 Å². The molecule has 0 radical (unpaired) electrons. The van der Waals surface area contributed by atoms with Gasteiger partial charge >= 0.3 is 6.18 Å². The van der Waals surface area contributed by atoms with Crippen molar-refractivity contribution in [2.45, 2.75) is 43.8 Å². The fourth-order valence-corrected chi connectivity index (χ4v) is 4.80. The molecule has 3 aromatic rings. The molecule has 2 aliphatic rings. The molecule has 0 unspecified atom stereocenters. The number of carbonyl (C=O) groups is 1. The predicted octanol–water partition coefficient (Wildman–Crippen LogP) is 5.49. The maximum absolute atomic E-state index is 13.3. The second-order valence-corrected chi connectivity index (χ2v) is 9.37. The molecule has 35 heavy (non-hydrogen) atoms. The first-order valence-electron chi connectivity index (χ1n) is 11.4. The summed E-state index contributed by atoms with van der Waals surface area (Å²) >= 11 is 0. The van der Waals surface area contributed by atoms with Crippen LogP contribution in [0.25, 0.3) is 16.6 Å². The van der Waals surface area contributed by atoms with Crippen molar-refractivity contribution in [3.05, 3.63) is 54.2 Å². The number of fused-ring (bicyclic) bond motifs is 1. The molecule has 5 nitrogen and oxygen atoms in total. The third-order valence-electron chi connectivity index (χ3n) is 6.90. The average Bonchev–Trinajstić information content (AvgIpc) is 3.10. The smallest absolute Gasteiger partial charge is 0.416 e. The SMILES string of the molecule is O=C(NC1CCC(F)(F)CC1)C1CN(c2cccc(-n3cc(O)c4cc(C(F)(F)F)ccc43)c2)C1. The van der Waals surface area contributed by atoms with E-state index in [0.717, 1.165) is 17.8 Å². The Morgan fingerprint density at radius 1 is 1.03 bits per heavy atom. The zero-order valence-electron chi connectivity index (χ0n) is 18.7. The van der Waals surface area contributed by atoms with Crippen LogP contribution in [0.15, 0.2) is 48.7 Å². The number of aromatic hydroxyl groups is 1.